The minimum atomic E-state index is -3.05. The van der Waals surface area contributed by atoms with Crippen LogP contribution in [0.15, 0.2) is 24.3 Å². The van der Waals surface area contributed by atoms with Crippen molar-refractivity contribution in [2.45, 2.75) is 31.9 Å². The molecule has 2 rings (SSSR count). The molecule has 1 atom stereocenters. The van der Waals surface area contributed by atoms with Gasteiger partial charge in [-0.2, -0.15) is 8.78 Å². The lowest BCUT2D eigenvalue weighted by molar-refractivity contribution is -0.143. The van der Waals surface area contributed by atoms with Crippen molar-refractivity contribution in [2.24, 2.45) is 0 Å². The van der Waals surface area contributed by atoms with Crippen LogP contribution in [0, 0.1) is 0 Å². The van der Waals surface area contributed by atoms with Gasteiger partial charge in [0.1, 0.15) is 11.8 Å². The van der Waals surface area contributed by atoms with Gasteiger partial charge in [0.15, 0.2) is 0 Å². The summed E-state index contributed by atoms with van der Waals surface area (Å²) >= 11 is 0. The van der Waals surface area contributed by atoms with Gasteiger partial charge < -0.3 is 14.7 Å². The molecule has 0 spiro atoms. The van der Waals surface area contributed by atoms with Crippen LogP contribution < -0.4 is 4.74 Å². The maximum absolute atomic E-state index is 12.5. The van der Waals surface area contributed by atoms with Crippen LogP contribution in [-0.2, 0) is 4.79 Å². The van der Waals surface area contributed by atoms with Crippen LogP contribution >= 0.6 is 0 Å². The molecule has 1 aliphatic heterocycles. The predicted molar refractivity (Wildman–Crippen MR) is 69.4 cm³/mol. The number of carboxylic acids is 1. The van der Waals surface area contributed by atoms with Crippen LogP contribution in [0.4, 0.5) is 8.78 Å². The Labute approximate surface area is 120 Å². The number of carbonyl (C=O) groups is 2. The minimum absolute atomic E-state index is 0.0500. The van der Waals surface area contributed by atoms with Crippen LogP contribution in [0.3, 0.4) is 0 Å². The maximum atomic E-state index is 12.5. The summed E-state index contributed by atoms with van der Waals surface area (Å²) in [5.74, 6) is -1.93. The van der Waals surface area contributed by atoms with Crippen LogP contribution in [0.1, 0.15) is 29.6 Å². The summed E-state index contributed by atoms with van der Waals surface area (Å²) in [6, 6.07) is 4.68. The molecule has 0 radical (unpaired) electrons. The van der Waals surface area contributed by atoms with Gasteiger partial charge in [0, 0.05) is 6.54 Å². The van der Waals surface area contributed by atoms with Crippen molar-refractivity contribution >= 4 is 11.9 Å². The highest BCUT2D eigenvalue weighted by Gasteiger charge is 2.33. The number of benzene rings is 1. The Hall–Kier alpha value is -2.18. The lowest BCUT2D eigenvalue weighted by atomic mass is 10.0. The summed E-state index contributed by atoms with van der Waals surface area (Å²) in [5, 5.41) is 9.17. The van der Waals surface area contributed by atoms with E-state index in [2.05, 4.69) is 4.74 Å². The van der Waals surface area contributed by atoms with Crippen molar-refractivity contribution in [3.05, 3.63) is 29.8 Å². The molecule has 1 aliphatic rings. The first kappa shape index (κ1) is 15.2. The van der Waals surface area contributed by atoms with Gasteiger partial charge in [0.05, 0.1) is 5.56 Å². The monoisotopic (exact) mass is 299 g/mol. The zero-order valence-corrected chi connectivity index (χ0v) is 11.2. The molecule has 21 heavy (non-hydrogen) atoms. The highest BCUT2D eigenvalue weighted by molar-refractivity contribution is 5.99. The lowest BCUT2D eigenvalue weighted by Gasteiger charge is -2.33. The minimum Gasteiger partial charge on any atom is -0.480 e. The van der Waals surface area contributed by atoms with E-state index in [-0.39, 0.29) is 11.3 Å². The number of aliphatic carboxylic acids is 1. The van der Waals surface area contributed by atoms with Gasteiger partial charge in [0.25, 0.3) is 5.91 Å². The number of carbonyl (C=O) groups excluding carboxylic acids is 1. The fourth-order valence-electron chi connectivity index (χ4n) is 2.43. The predicted octanol–water partition coefficient (Wildman–Crippen LogP) is 2.37. The number of para-hydroxylation sites is 1. The first-order chi connectivity index (χ1) is 10.0. The fourth-order valence-corrected chi connectivity index (χ4v) is 2.43. The Bertz CT molecular complexity index is 535. The number of amides is 1. The summed E-state index contributed by atoms with van der Waals surface area (Å²) in [7, 11) is 0. The average Bonchev–Trinajstić information content (AvgIpc) is 2.46. The van der Waals surface area contributed by atoms with Crippen molar-refractivity contribution in [3.8, 4) is 5.75 Å². The Balaban J connectivity index is 2.28. The van der Waals surface area contributed by atoms with E-state index in [9.17, 15) is 23.5 Å². The van der Waals surface area contributed by atoms with Gasteiger partial charge in [-0.3, -0.25) is 4.79 Å². The van der Waals surface area contributed by atoms with Crippen LogP contribution in [-0.4, -0.2) is 41.1 Å². The lowest BCUT2D eigenvalue weighted by Crippen LogP contribution is -2.48. The second kappa shape index (κ2) is 6.51. The molecule has 7 heteroatoms. The molecule has 5 nitrogen and oxygen atoms in total. The summed E-state index contributed by atoms with van der Waals surface area (Å²) in [6.45, 7) is -2.76. The van der Waals surface area contributed by atoms with Crippen molar-refractivity contribution in [1.82, 2.24) is 4.90 Å². The second-order valence-electron chi connectivity index (χ2n) is 4.72. The summed E-state index contributed by atoms with van der Waals surface area (Å²) in [4.78, 5) is 24.9. The van der Waals surface area contributed by atoms with Crippen LogP contribution in [0.2, 0.25) is 0 Å². The molecule has 0 unspecified atom stereocenters. The highest BCUT2D eigenvalue weighted by Crippen LogP contribution is 2.25. The molecular formula is C14H15F2NO4. The number of hydrogen-bond donors (Lipinski definition) is 1. The number of ether oxygens (including phenoxy) is 1. The van der Waals surface area contributed by atoms with Crippen LogP contribution in [0.25, 0.3) is 0 Å². The number of nitrogens with zero attached hydrogens (tertiary/aromatic N) is 1. The number of carboxylic acid groups (broad SMARTS) is 1. The number of rotatable bonds is 4. The Kier molecular flexibility index (Phi) is 4.72. The second-order valence-corrected chi connectivity index (χ2v) is 4.72. The van der Waals surface area contributed by atoms with Gasteiger partial charge in [-0.1, -0.05) is 12.1 Å². The molecule has 0 aromatic heterocycles. The molecule has 0 aliphatic carbocycles. The van der Waals surface area contributed by atoms with E-state index in [4.69, 9.17) is 0 Å². The molecular weight excluding hydrogens is 284 g/mol. The molecule has 1 aromatic rings. The van der Waals surface area contributed by atoms with Gasteiger partial charge >= 0.3 is 12.6 Å². The number of likely N-dealkylation sites (tertiary alicyclic amines) is 1. The highest BCUT2D eigenvalue weighted by atomic mass is 19.3. The number of halogens is 2. The van der Waals surface area contributed by atoms with E-state index in [0.717, 1.165) is 6.42 Å². The molecule has 1 aromatic carbocycles. The van der Waals surface area contributed by atoms with Gasteiger partial charge in [0.2, 0.25) is 0 Å². The Morgan fingerprint density at radius 3 is 2.67 bits per heavy atom. The van der Waals surface area contributed by atoms with E-state index in [1.807, 2.05) is 0 Å². The third kappa shape index (κ3) is 3.48. The quantitative estimate of drug-likeness (QED) is 0.927. The van der Waals surface area contributed by atoms with E-state index < -0.39 is 24.5 Å². The normalized spacial score (nSPS) is 18.6. The standard InChI is InChI=1S/C14H15F2NO4/c15-14(16)21-11-7-2-1-5-9(11)12(18)17-8-4-3-6-10(17)13(19)20/h1-2,5,7,10,14H,3-4,6,8H2,(H,19,20)/t10-/m1/s1. The van der Waals surface area contributed by atoms with E-state index in [1.165, 1.54) is 29.2 Å². The molecule has 0 bridgehead atoms. The summed E-state index contributed by atoms with van der Waals surface area (Å²) < 4.78 is 29.1. The van der Waals surface area contributed by atoms with Gasteiger partial charge in [-0.05, 0) is 31.4 Å². The Morgan fingerprint density at radius 2 is 2.00 bits per heavy atom. The summed E-state index contributed by atoms with van der Waals surface area (Å²) in [6.07, 6.45) is 1.77. The Morgan fingerprint density at radius 1 is 1.29 bits per heavy atom. The maximum Gasteiger partial charge on any atom is 0.387 e. The zero-order chi connectivity index (χ0) is 15.4. The molecule has 114 valence electrons. The number of alkyl halides is 2. The van der Waals surface area contributed by atoms with Crippen molar-refractivity contribution in [3.63, 3.8) is 0 Å². The topological polar surface area (TPSA) is 66.8 Å². The smallest absolute Gasteiger partial charge is 0.387 e. The van der Waals surface area contributed by atoms with Crippen molar-refractivity contribution < 1.29 is 28.2 Å². The van der Waals surface area contributed by atoms with Crippen molar-refractivity contribution in [2.75, 3.05) is 6.54 Å². The number of hydrogen-bond acceptors (Lipinski definition) is 3. The number of piperidine rings is 1. The molecule has 0 saturated carbocycles. The first-order valence-corrected chi connectivity index (χ1v) is 6.58. The average molecular weight is 299 g/mol. The first-order valence-electron chi connectivity index (χ1n) is 6.58. The third-order valence-electron chi connectivity index (χ3n) is 3.38. The molecule has 1 saturated heterocycles. The zero-order valence-electron chi connectivity index (χ0n) is 11.2. The van der Waals surface area contributed by atoms with E-state index in [0.29, 0.717) is 19.4 Å². The molecule has 1 amide bonds. The third-order valence-corrected chi connectivity index (χ3v) is 3.38. The SMILES string of the molecule is O=C(O)[C@H]1CCCCN1C(=O)c1ccccc1OC(F)F. The fraction of sp³-hybridized carbons (Fsp3) is 0.429. The molecule has 1 fully saturated rings. The van der Waals surface area contributed by atoms with Crippen LogP contribution in [0.5, 0.6) is 5.75 Å². The molecule has 1 N–H and O–H groups in total. The van der Waals surface area contributed by atoms with Gasteiger partial charge in [-0.15, -0.1) is 0 Å². The van der Waals surface area contributed by atoms with Gasteiger partial charge in [-0.25, -0.2) is 4.79 Å². The van der Waals surface area contributed by atoms with E-state index >= 15 is 0 Å². The van der Waals surface area contributed by atoms with E-state index in [1.54, 1.807) is 0 Å². The largest absolute Gasteiger partial charge is 0.480 e. The summed E-state index contributed by atoms with van der Waals surface area (Å²) in [5.41, 5.74) is -0.0500. The van der Waals surface area contributed by atoms with Crippen molar-refractivity contribution in [1.29, 1.82) is 0 Å². The molecule has 1 heterocycles.